The summed E-state index contributed by atoms with van der Waals surface area (Å²) in [6.07, 6.45) is 7.19. The zero-order valence-corrected chi connectivity index (χ0v) is 20.4. The van der Waals surface area contributed by atoms with Crippen molar-refractivity contribution >= 4 is 28.6 Å². The Morgan fingerprint density at radius 1 is 1.15 bits per heavy atom. The standard InChI is InChI=1S/C19H20FN3O2.C8H16/c1-11(2)12-4-6-14(7-5-12)21-19-22-16-8-13(9-18(24)25-3)15(20)10-17(16)23-19;1-8(2)6-4-3-5-7-8/h4-8,10-11H,9H2,1-3H3,(H2,21,22,23);3-7H2,1-2H3. The van der Waals surface area contributed by atoms with Crippen LogP contribution in [-0.2, 0) is 16.0 Å². The van der Waals surface area contributed by atoms with Crippen molar-refractivity contribution in [2.75, 3.05) is 12.4 Å². The van der Waals surface area contributed by atoms with Gasteiger partial charge in [-0.15, -0.1) is 0 Å². The normalized spacial score (nSPS) is 15.1. The molecule has 6 heteroatoms. The summed E-state index contributed by atoms with van der Waals surface area (Å²) in [5.74, 6) is 0.0250. The van der Waals surface area contributed by atoms with E-state index in [1.165, 1.54) is 50.8 Å². The smallest absolute Gasteiger partial charge is 0.310 e. The highest BCUT2D eigenvalue weighted by Gasteiger charge is 2.20. The van der Waals surface area contributed by atoms with Gasteiger partial charge >= 0.3 is 5.97 Å². The third-order valence-corrected chi connectivity index (χ3v) is 6.26. The van der Waals surface area contributed by atoms with E-state index in [0.29, 0.717) is 28.3 Å². The summed E-state index contributed by atoms with van der Waals surface area (Å²) in [6.45, 7) is 9.04. The molecule has 1 aromatic heterocycles. The van der Waals surface area contributed by atoms with Crippen molar-refractivity contribution in [2.45, 2.75) is 72.1 Å². The number of fused-ring (bicyclic) bond motifs is 1. The topological polar surface area (TPSA) is 67.0 Å². The van der Waals surface area contributed by atoms with Crippen molar-refractivity contribution < 1.29 is 13.9 Å². The lowest BCUT2D eigenvalue weighted by atomic mass is 9.78. The van der Waals surface area contributed by atoms with Crippen molar-refractivity contribution in [1.29, 1.82) is 0 Å². The van der Waals surface area contributed by atoms with Gasteiger partial charge in [0.25, 0.3) is 0 Å². The quantitative estimate of drug-likeness (QED) is 0.399. The summed E-state index contributed by atoms with van der Waals surface area (Å²) < 4.78 is 18.7. The van der Waals surface area contributed by atoms with E-state index in [9.17, 15) is 9.18 Å². The molecule has 0 bridgehead atoms. The fourth-order valence-electron chi connectivity index (χ4n) is 4.10. The van der Waals surface area contributed by atoms with Gasteiger partial charge in [0.05, 0.1) is 24.6 Å². The number of halogens is 1. The van der Waals surface area contributed by atoms with Gasteiger partial charge in [0, 0.05) is 17.3 Å². The van der Waals surface area contributed by atoms with Crippen molar-refractivity contribution in [1.82, 2.24) is 9.97 Å². The molecule has 0 aliphatic heterocycles. The molecule has 3 aromatic rings. The molecule has 1 fully saturated rings. The number of carbonyl (C=O) groups excluding carboxylic acids is 1. The van der Waals surface area contributed by atoms with Gasteiger partial charge in [0.2, 0.25) is 5.95 Å². The van der Waals surface area contributed by atoms with E-state index in [-0.39, 0.29) is 12.0 Å². The molecule has 1 aliphatic rings. The van der Waals surface area contributed by atoms with Crippen LogP contribution in [0.15, 0.2) is 36.4 Å². The highest BCUT2D eigenvalue weighted by atomic mass is 19.1. The van der Waals surface area contributed by atoms with Gasteiger partial charge in [-0.1, -0.05) is 59.1 Å². The number of esters is 1. The number of nitrogens with one attached hydrogen (secondary N) is 2. The second kappa shape index (κ2) is 10.8. The molecule has 0 radical (unpaired) electrons. The van der Waals surface area contributed by atoms with Crippen LogP contribution in [0.5, 0.6) is 0 Å². The Hall–Kier alpha value is -2.89. The molecule has 0 unspecified atom stereocenters. The molecule has 0 spiro atoms. The van der Waals surface area contributed by atoms with E-state index in [1.807, 2.05) is 12.1 Å². The summed E-state index contributed by atoms with van der Waals surface area (Å²) in [5, 5.41) is 3.17. The second-order valence-corrected chi connectivity index (χ2v) is 9.93. The fourth-order valence-corrected chi connectivity index (χ4v) is 4.10. The lowest BCUT2D eigenvalue weighted by molar-refractivity contribution is -0.139. The number of aromatic amines is 1. The number of benzene rings is 2. The first kappa shape index (κ1) is 24.7. The fraction of sp³-hybridized carbons (Fsp3) is 0.481. The largest absolute Gasteiger partial charge is 0.469 e. The lowest BCUT2D eigenvalue weighted by Crippen LogP contribution is -2.14. The molecular formula is C27H36FN3O2. The first-order valence-electron chi connectivity index (χ1n) is 11.8. The van der Waals surface area contributed by atoms with E-state index < -0.39 is 11.8 Å². The zero-order chi connectivity index (χ0) is 24.0. The van der Waals surface area contributed by atoms with Crippen LogP contribution in [0.1, 0.15) is 76.8 Å². The van der Waals surface area contributed by atoms with Crippen LogP contribution in [-0.4, -0.2) is 23.0 Å². The number of hydrogen-bond donors (Lipinski definition) is 2. The number of imidazole rings is 1. The Balaban J connectivity index is 0.000000323. The van der Waals surface area contributed by atoms with Crippen molar-refractivity contribution in [2.24, 2.45) is 5.41 Å². The van der Waals surface area contributed by atoms with Crippen LogP contribution in [0.4, 0.5) is 16.0 Å². The third-order valence-electron chi connectivity index (χ3n) is 6.26. The molecule has 1 aliphatic carbocycles. The highest BCUT2D eigenvalue weighted by Crippen LogP contribution is 2.34. The van der Waals surface area contributed by atoms with Crippen LogP contribution in [0.2, 0.25) is 0 Å². The lowest BCUT2D eigenvalue weighted by Gasteiger charge is -2.28. The number of aromatic nitrogens is 2. The number of rotatable bonds is 5. The van der Waals surface area contributed by atoms with Crippen LogP contribution in [0.3, 0.4) is 0 Å². The van der Waals surface area contributed by atoms with Gasteiger partial charge < -0.3 is 15.0 Å². The third kappa shape index (κ3) is 7.04. The van der Waals surface area contributed by atoms with Gasteiger partial charge in [-0.3, -0.25) is 4.79 Å². The van der Waals surface area contributed by atoms with Gasteiger partial charge in [-0.05, 0) is 47.9 Å². The molecule has 0 saturated heterocycles. The minimum atomic E-state index is -0.485. The molecule has 33 heavy (non-hydrogen) atoms. The minimum Gasteiger partial charge on any atom is -0.469 e. The molecule has 2 N–H and O–H groups in total. The average molecular weight is 454 g/mol. The maximum absolute atomic E-state index is 14.1. The maximum atomic E-state index is 14.1. The number of H-pyrrole nitrogens is 1. The van der Waals surface area contributed by atoms with E-state index >= 15 is 0 Å². The maximum Gasteiger partial charge on any atom is 0.310 e. The molecule has 1 saturated carbocycles. The number of methoxy groups -OCH3 is 1. The zero-order valence-electron chi connectivity index (χ0n) is 20.4. The number of ether oxygens (including phenoxy) is 1. The first-order chi connectivity index (χ1) is 15.7. The van der Waals surface area contributed by atoms with E-state index in [0.717, 1.165) is 5.69 Å². The average Bonchev–Trinajstić information content (AvgIpc) is 3.15. The minimum absolute atomic E-state index is 0.114. The SMILES string of the molecule is CC1(C)CCCCC1.COC(=O)Cc1cc2[nH]c(Nc3ccc(C(C)C)cc3)nc2cc1F. The van der Waals surface area contributed by atoms with Gasteiger partial charge in [0.1, 0.15) is 5.82 Å². The number of nitrogens with zero attached hydrogens (tertiary/aromatic N) is 1. The van der Waals surface area contributed by atoms with Crippen LogP contribution < -0.4 is 5.32 Å². The van der Waals surface area contributed by atoms with Gasteiger partial charge in [0.15, 0.2) is 0 Å². The first-order valence-corrected chi connectivity index (χ1v) is 11.8. The summed E-state index contributed by atoms with van der Waals surface area (Å²) in [4.78, 5) is 18.8. The Morgan fingerprint density at radius 2 is 1.82 bits per heavy atom. The van der Waals surface area contributed by atoms with E-state index in [2.05, 4.69) is 59.8 Å². The molecular weight excluding hydrogens is 417 g/mol. The Morgan fingerprint density at radius 3 is 2.36 bits per heavy atom. The molecule has 5 nitrogen and oxygen atoms in total. The number of hydrogen-bond acceptors (Lipinski definition) is 4. The van der Waals surface area contributed by atoms with Crippen LogP contribution >= 0.6 is 0 Å². The molecule has 2 aromatic carbocycles. The predicted octanol–water partition coefficient (Wildman–Crippen LogP) is 7.26. The van der Waals surface area contributed by atoms with Crippen molar-refractivity contribution in [3.8, 4) is 0 Å². The van der Waals surface area contributed by atoms with Crippen molar-refractivity contribution in [3.63, 3.8) is 0 Å². The number of carbonyl (C=O) groups is 1. The molecule has 0 amide bonds. The Kier molecular flexibility index (Phi) is 8.11. The summed E-state index contributed by atoms with van der Waals surface area (Å²) in [7, 11) is 1.28. The summed E-state index contributed by atoms with van der Waals surface area (Å²) >= 11 is 0. The van der Waals surface area contributed by atoms with Crippen LogP contribution in [0, 0.1) is 11.2 Å². The molecule has 1 heterocycles. The molecule has 178 valence electrons. The summed E-state index contributed by atoms with van der Waals surface area (Å²) in [6, 6.07) is 11.0. The second-order valence-electron chi connectivity index (χ2n) is 9.93. The molecule has 0 atom stereocenters. The van der Waals surface area contributed by atoms with Gasteiger partial charge in [-0.25, -0.2) is 9.37 Å². The molecule has 4 rings (SSSR count). The van der Waals surface area contributed by atoms with E-state index in [4.69, 9.17) is 0 Å². The Labute approximate surface area is 196 Å². The van der Waals surface area contributed by atoms with Gasteiger partial charge in [-0.2, -0.15) is 0 Å². The van der Waals surface area contributed by atoms with Crippen LogP contribution in [0.25, 0.3) is 11.0 Å². The predicted molar refractivity (Wildman–Crippen MR) is 132 cm³/mol. The van der Waals surface area contributed by atoms with Crippen molar-refractivity contribution in [3.05, 3.63) is 53.3 Å². The Bertz CT molecular complexity index is 1060. The number of anilines is 2. The highest BCUT2D eigenvalue weighted by molar-refractivity contribution is 5.81. The van der Waals surface area contributed by atoms with E-state index in [1.54, 1.807) is 6.07 Å². The summed E-state index contributed by atoms with van der Waals surface area (Å²) in [5.41, 5.74) is 4.24. The monoisotopic (exact) mass is 453 g/mol.